The van der Waals surface area contributed by atoms with Gasteiger partial charge in [0.25, 0.3) is 5.56 Å². The molecule has 3 aromatic heterocycles. The van der Waals surface area contributed by atoms with Gasteiger partial charge in [0.1, 0.15) is 23.1 Å². The van der Waals surface area contributed by atoms with E-state index in [-0.39, 0.29) is 30.1 Å². The van der Waals surface area contributed by atoms with Crippen LogP contribution in [-0.4, -0.2) is 69.6 Å². The van der Waals surface area contributed by atoms with Crippen molar-refractivity contribution in [2.24, 2.45) is 5.92 Å². The van der Waals surface area contributed by atoms with Gasteiger partial charge >= 0.3 is 6.09 Å². The Morgan fingerprint density at radius 1 is 1.24 bits per heavy atom. The smallest absolute Gasteiger partial charge is 0.407 e. The summed E-state index contributed by atoms with van der Waals surface area (Å²) < 4.78 is 20.6. The molecule has 1 atom stereocenters. The van der Waals surface area contributed by atoms with E-state index in [2.05, 4.69) is 30.3 Å². The van der Waals surface area contributed by atoms with Crippen LogP contribution in [0.3, 0.4) is 0 Å². The number of halogens is 1. The SMILES string of the molecule is CCc1ccc(NC(=O)C(CCC=CC(=O)N(C)C)NC(=O)OC)c(=O)n1Cc1nc2c(F)cnc(CC(C)C)c2[nH]1. The monoisotopic (exact) mass is 583 g/mol. The predicted octanol–water partition coefficient (Wildman–Crippen LogP) is 3.16. The summed E-state index contributed by atoms with van der Waals surface area (Å²) in [6.45, 7) is 5.97. The van der Waals surface area contributed by atoms with E-state index in [0.717, 1.165) is 6.20 Å². The van der Waals surface area contributed by atoms with Crippen LogP contribution < -0.4 is 16.2 Å². The number of anilines is 1. The van der Waals surface area contributed by atoms with Crippen molar-refractivity contribution in [1.29, 1.82) is 0 Å². The number of carbonyl (C=O) groups is 3. The molecule has 0 saturated carbocycles. The van der Waals surface area contributed by atoms with E-state index in [0.29, 0.717) is 47.9 Å². The Hall–Kier alpha value is -4.55. The lowest BCUT2D eigenvalue weighted by Gasteiger charge is -2.18. The summed E-state index contributed by atoms with van der Waals surface area (Å²) >= 11 is 0. The first-order valence-corrected chi connectivity index (χ1v) is 13.7. The Morgan fingerprint density at radius 3 is 2.62 bits per heavy atom. The summed E-state index contributed by atoms with van der Waals surface area (Å²) in [6, 6.07) is 2.17. The molecule has 42 heavy (non-hydrogen) atoms. The number of hydrogen-bond donors (Lipinski definition) is 3. The number of aromatic amines is 1. The average Bonchev–Trinajstić information content (AvgIpc) is 3.38. The van der Waals surface area contributed by atoms with E-state index < -0.39 is 29.4 Å². The topological polar surface area (TPSA) is 151 Å². The fourth-order valence-corrected chi connectivity index (χ4v) is 4.31. The van der Waals surface area contributed by atoms with Crippen LogP contribution in [0.5, 0.6) is 0 Å². The fourth-order valence-electron chi connectivity index (χ4n) is 4.31. The van der Waals surface area contributed by atoms with E-state index >= 15 is 0 Å². The molecule has 3 aromatic rings. The van der Waals surface area contributed by atoms with Gasteiger partial charge in [0.15, 0.2) is 5.82 Å². The highest BCUT2D eigenvalue weighted by molar-refractivity contribution is 5.96. The zero-order chi connectivity index (χ0) is 31.0. The molecular weight excluding hydrogens is 545 g/mol. The predicted molar refractivity (Wildman–Crippen MR) is 157 cm³/mol. The molecule has 3 heterocycles. The maximum atomic E-state index is 14.5. The maximum Gasteiger partial charge on any atom is 0.407 e. The number of aromatic nitrogens is 4. The second-order valence-electron chi connectivity index (χ2n) is 10.4. The standard InChI is InChI=1S/C29H38FN7O5/c1-7-18-12-13-21(32-27(39)20(33-29(41)42-6)10-8-9-11-24(38)36(4)5)28(40)37(18)16-23-34-25-19(30)15-31-22(14-17(2)3)26(25)35-23/h9,11-13,15,17,20H,7-8,10,14,16H2,1-6H3,(H,32,39)(H,33,41)(H,34,35). The third-order valence-corrected chi connectivity index (χ3v) is 6.51. The number of ether oxygens (including phenoxy) is 1. The lowest BCUT2D eigenvalue weighted by atomic mass is 10.1. The van der Waals surface area contributed by atoms with Gasteiger partial charge in [-0.25, -0.2) is 14.2 Å². The molecule has 13 heteroatoms. The molecule has 0 aliphatic carbocycles. The molecule has 0 fully saturated rings. The number of imidazole rings is 1. The van der Waals surface area contributed by atoms with Crippen LogP contribution in [-0.2, 0) is 33.7 Å². The molecule has 0 aliphatic rings. The summed E-state index contributed by atoms with van der Waals surface area (Å²) in [5, 5.41) is 5.07. The summed E-state index contributed by atoms with van der Waals surface area (Å²) in [7, 11) is 4.41. The molecule has 3 amide bonds. The van der Waals surface area contributed by atoms with Crippen LogP contribution in [0, 0.1) is 11.7 Å². The van der Waals surface area contributed by atoms with Crippen LogP contribution in [0.4, 0.5) is 14.9 Å². The van der Waals surface area contributed by atoms with Crippen molar-refractivity contribution in [3.05, 3.63) is 63.9 Å². The van der Waals surface area contributed by atoms with Crippen molar-refractivity contribution in [3.8, 4) is 0 Å². The number of likely N-dealkylation sites (N-methyl/N-ethyl adjacent to an activating group) is 1. The number of amides is 3. The van der Waals surface area contributed by atoms with Crippen LogP contribution in [0.1, 0.15) is 50.8 Å². The number of H-pyrrole nitrogens is 1. The van der Waals surface area contributed by atoms with Crippen molar-refractivity contribution >= 4 is 34.6 Å². The molecule has 0 radical (unpaired) electrons. The number of rotatable bonds is 12. The Balaban J connectivity index is 1.87. The lowest BCUT2D eigenvalue weighted by molar-refractivity contribution is -0.123. The molecule has 0 spiro atoms. The van der Waals surface area contributed by atoms with Gasteiger partial charge in [-0.05, 0) is 49.8 Å². The van der Waals surface area contributed by atoms with E-state index in [1.165, 1.54) is 28.7 Å². The number of methoxy groups -OCH3 is 1. The third-order valence-electron chi connectivity index (χ3n) is 6.51. The van der Waals surface area contributed by atoms with E-state index in [1.807, 2.05) is 20.8 Å². The van der Waals surface area contributed by atoms with Gasteiger partial charge in [0, 0.05) is 19.8 Å². The van der Waals surface area contributed by atoms with Gasteiger partial charge in [-0.15, -0.1) is 0 Å². The average molecular weight is 584 g/mol. The Morgan fingerprint density at radius 2 is 1.98 bits per heavy atom. The largest absolute Gasteiger partial charge is 0.453 e. The zero-order valence-corrected chi connectivity index (χ0v) is 24.8. The quantitative estimate of drug-likeness (QED) is 0.277. The number of hydrogen-bond acceptors (Lipinski definition) is 7. The number of carbonyl (C=O) groups excluding carboxylic acids is 3. The number of pyridine rings is 2. The molecule has 226 valence electrons. The van der Waals surface area contributed by atoms with Gasteiger partial charge < -0.3 is 29.8 Å². The third kappa shape index (κ3) is 8.02. The molecule has 0 aliphatic heterocycles. The molecular formula is C29H38FN7O5. The van der Waals surface area contributed by atoms with E-state index in [4.69, 9.17) is 0 Å². The number of allylic oxidation sites excluding steroid dienone is 1. The second-order valence-corrected chi connectivity index (χ2v) is 10.4. The summed E-state index contributed by atoms with van der Waals surface area (Å²) in [5.41, 5.74) is 1.53. The van der Waals surface area contributed by atoms with Crippen LogP contribution >= 0.6 is 0 Å². The van der Waals surface area contributed by atoms with Crippen LogP contribution in [0.25, 0.3) is 11.0 Å². The number of nitrogens with zero attached hydrogens (tertiary/aromatic N) is 4. The summed E-state index contributed by atoms with van der Waals surface area (Å²) in [5.74, 6) is -0.744. The first-order chi connectivity index (χ1) is 19.9. The van der Waals surface area contributed by atoms with Crippen LogP contribution in [0.15, 0.2) is 35.3 Å². The Labute approximate surface area is 243 Å². The minimum Gasteiger partial charge on any atom is -0.453 e. The van der Waals surface area contributed by atoms with Crippen molar-refractivity contribution in [2.45, 2.75) is 59.0 Å². The van der Waals surface area contributed by atoms with Crippen LogP contribution in [0.2, 0.25) is 0 Å². The van der Waals surface area contributed by atoms with Gasteiger partial charge in [0.2, 0.25) is 11.8 Å². The minimum absolute atomic E-state index is 0.00310. The highest BCUT2D eigenvalue weighted by Crippen LogP contribution is 2.21. The van der Waals surface area contributed by atoms with E-state index in [9.17, 15) is 23.6 Å². The second kappa shape index (κ2) is 14.4. The molecule has 1 unspecified atom stereocenters. The normalized spacial score (nSPS) is 12.1. The Kier molecular flexibility index (Phi) is 10.9. The lowest BCUT2D eigenvalue weighted by Crippen LogP contribution is -2.44. The van der Waals surface area contributed by atoms with Gasteiger partial charge in [-0.3, -0.25) is 19.4 Å². The first kappa shape index (κ1) is 32.0. The van der Waals surface area contributed by atoms with Crippen molar-refractivity contribution < 1.29 is 23.5 Å². The molecule has 12 nitrogen and oxygen atoms in total. The number of alkyl carbamates (subject to hydrolysis) is 1. The fraction of sp³-hybridized carbons (Fsp3) is 0.448. The zero-order valence-electron chi connectivity index (χ0n) is 24.8. The number of fused-ring (bicyclic) bond motifs is 1. The molecule has 0 aromatic carbocycles. The minimum atomic E-state index is -1.04. The Bertz CT molecular complexity index is 1530. The molecule has 3 N–H and O–H groups in total. The van der Waals surface area contributed by atoms with Gasteiger partial charge in [-0.1, -0.05) is 26.8 Å². The summed E-state index contributed by atoms with van der Waals surface area (Å²) in [6.07, 6.45) is 4.91. The van der Waals surface area contributed by atoms with Crippen molar-refractivity contribution in [1.82, 2.24) is 29.7 Å². The summed E-state index contributed by atoms with van der Waals surface area (Å²) in [4.78, 5) is 63.5. The highest BCUT2D eigenvalue weighted by atomic mass is 19.1. The first-order valence-electron chi connectivity index (χ1n) is 13.7. The maximum absolute atomic E-state index is 14.5. The van der Waals surface area contributed by atoms with E-state index in [1.54, 1.807) is 26.2 Å². The molecule has 3 rings (SSSR count). The number of nitrogens with one attached hydrogen (secondary N) is 3. The van der Waals surface area contributed by atoms with Crippen molar-refractivity contribution in [3.63, 3.8) is 0 Å². The molecule has 0 bridgehead atoms. The van der Waals surface area contributed by atoms with Gasteiger partial charge in [0.05, 0.1) is 31.1 Å². The number of aryl methyl sites for hydroxylation is 1. The molecule has 0 saturated heterocycles. The van der Waals surface area contributed by atoms with Gasteiger partial charge in [-0.2, -0.15) is 0 Å². The van der Waals surface area contributed by atoms with Crippen molar-refractivity contribution in [2.75, 3.05) is 26.5 Å². The highest BCUT2D eigenvalue weighted by Gasteiger charge is 2.23.